The molecule has 4 nitrogen and oxygen atoms in total. The maximum Gasteiger partial charge on any atom is 0.225 e. The van der Waals surface area contributed by atoms with E-state index in [-0.39, 0.29) is 23.7 Å². The number of rotatable bonds is 4. The highest BCUT2D eigenvalue weighted by molar-refractivity contribution is 5.79. The number of benzene rings is 1. The Bertz CT molecular complexity index is 478. The fourth-order valence-corrected chi connectivity index (χ4v) is 2.41. The number of ether oxygens (including phenoxy) is 2. The zero-order chi connectivity index (χ0) is 14.5. The van der Waals surface area contributed by atoms with Crippen molar-refractivity contribution in [1.82, 2.24) is 5.32 Å². The van der Waals surface area contributed by atoms with Gasteiger partial charge >= 0.3 is 0 Å². The Kier molecular flexibility index (Phi) is 4.95. The summed E-state index contributed by atoms with van der Waals surface area (Å²) in [7, 11) is 1.42. The highest BCUT2D eigenvalue weighted by Crippen LogP contribution is 2.21. The van der Waals surface area contributed by atoms with Crippen LogP contribution >= 0.6 is 0 Å². The summed E-state index contributed by atoms with van der Waals surface area (Å²) < 4.78 is 23.9. The predicted molar refractivity (Wildman–Crippen MR) is 72.9 cm³/mol. The van der Waals surface area contributed by atoms with Crippen molar-refractivity contribution in [3.05, 3.63) is 29.6 Å². The van der Waals surface area contributed by atoms with Crippen LogP contribution in [0.4, 0.5) is 4.39 Å². The molecule has 1 aromatic rings. The van der Waals surface area contributed by atoms with Gasteiger partial charge < -0.3 is 14.8 Å². The second-order valence-corrected chi connectivity index (χ2v) is 5.01. The quantitative estimate of drug-likeness (QED) is 0.921. The Morgan fingerprint density at radius 2 is 2.35 bits per heavy atom. The molecule has 1 aromatic carbocycles. The van der Waals surface area contributed by atoms with E-state index in [2.05, 4.69) is 5.32 Å². The standard InChI is InChI=1S/C15H20FNO3/c1-10-12(4-3-7-20-10)15(18)17-9-11-5-6-14(19-2)13(16)8-11/h5-6,8,10,12H,3-4,7,9H2,1-2H3,(H,17,18)/t10-,12-/m1/s1. The Labute approximate surface area is 118 Å². The average Bonchev–Trinajstić information content (AvgIpc) is 2.45. The van der Waals surface area contributed by atoms with E-state index in [1.807, 2.05) is 6.92 Å². The van der Waals surface area contributed by atoms with Crippen molar-refractivity contribution in [2.24, 2.45) is 5.92 Å². The molecule has 1 heterocycles. The third kappa shape index (κ3) is 3.48. The Morgan fingerprint density at radius 1 is 1.55 bits per heavy atom. The van der Waals surface area contributed by atoms with Gasteiger partial charge in [0.2, 0.25) is 5.91 Å². The van der Waals surface area contributed by atoms with Gasteiger partial charge in [0.15, 0.2) is 11.6 Å². The highest BCUT2D eigenvalue weighted by Gasteiger charge is 2.28. The van der Waals surface area contributed by atoms with E-state index in [4.69, 9.17) is 9.47 Å². The fourth-order valence-electron chi connectivity index (χ4n) is 2.41. The summed E-state index contributed by atoms with van der Waals surface area (Å²) in [6, 6.07) is 4.67. The molecule has 0 unspecified atom stereocenters. The summed E-state index contributed by atoms with van der Waals surface area (Å²) in [4.78, 5) is 12.1. The number of nitrogens with one attached hydrogen (secondary N) is 1. The molecule has 20 heavy (non-hydrogen) atoms. The van der Waals surface area contributed by atoms with E-state index >= 15 is 0 Å². The normalized spacial score (nSPS) is 22.4. The lowest BCUT2D eigenvalue weighted by atomic mass is 9.94. The maximum atomic E-state index is 13.5. The second kappa shape index (κ2) is 6.70. The summed E-state index contributed by atoms with van der Waals surface area (Å²) in [6.45, 7) is 2.94. The van der Waals surface area contributed by atoms with Crippen LogP contribution in [0.15, 0.2) is 18.2 Å². The number of carbonyl (C=O) groups excluding carboxylic acids is 1. The zero-order valence-electron chi connectivity index (χ0n) is 11.8. The van der Waals surface area contributed by atoms with E-state index in [1.165, 1.54) is 13.2 Å². The third-order valence-corrected chi connectivity index (χ3v) is 3.63. The lowest BCUT2D eigenvalue weighted by molar-refractivity contribution is -0.133. The van der Waals surface area contributed by atoms with Gasteiger partial charge in [-0.1, -0.05) is 6.07 Å². The van der Waals surface area contributed by atoms with Crippen LogP contribution in [0.5, 0.6) is 5.75 Å². The summed E-state index contributed by atoms with van der Waals surface area (Å²) in [5.41, 5.74) is 0.709. The molecule has 110 valence electrons. The fraction of sp³-hybridized carbons (Fsp3) is 0.533. The SMILES string of the molecule is COc1ccc(CNC(=O)[C@@H]2CCCO[C@@H]2C)cc1F. The number of amides is 1. The third-order valence-electron chi connectivity index (χ3n) is 3.63. The molecule has 0 radical (unpaired) electrons. The molecule has 1 N–H and O–H groups in total. The van der Waals surface area contributed by atoms with Gasteiger partial charge in [0, 0.05) is 13.2 Å². The summed E-state index contributed by atoms with van der Waals surface area (Å²) in [5, 5.41) is 2.84. The molecule has 0 spiro atoms. The number of halogens is 1. The van der Waals surface area contributed by atoms with E-state index in [9.17, 15) is 9.18 Å². The van der Waals surface area contributed by atoms with Crippen LogP contribution < -0.4 is 10.1 Å². The first-order valence-electron chi connectivity index (χ1n) is 6.83. The van der Waals surface area contributed by atoms with Crippen molar-refractivity contribution in [2.45, 2.75) is 32.4 Å². The number of carbonyl (C=O) groups is 1. The zero-order valence-corrected chi connectivity index (χ0v) is 11.8. The monoisotopic (exact) mass is 281 g/mol. The topological polar surface area (TPSA) is 47.6 Å². The minimum atomic E-state index is -0.423. The van der Waals surface area contributed by atoms with Crippen LogP contribution in [0.3, 0.4) is 0 Å². The summed E-state index contributed by atoms with van der Waals surface area (Å²) in [5.74, 6) is -0.372. The molecule has 0 aromatic heterocycles. The van der Waals surface area contributed by atoms with Crippen molar-refractivity contribution in [3.63, 3.8) is 0 Å². The molecule has 2 atom stereocenters. The smallest absolute Gasteiger partial charge is 0.225 e. The van der Waals surface area contributed by atoms with E-state index in [0.29, 0.717) is 18.7 Å². The van der Waals surface area contributed by atoms with Gasteiger partial charge in [0.25, 0.3) is 0 Å². The first-order chi connectivity index (χ1) is 9.61. The second-order valence-electron chi connectivity index (χ2n) is 5.01. The van der Waals surface area contributed by atoms with Gasteiger partial charge in [-0.2, -0.15) is 0 Å². The van der Waals surface area contributed by atoms with Crippen LogP contribution in [-0.4, -0.2) is 25.7 Å². The van der Waals surface area contributed by atoms with Crippen LogP contribution in [0.1, 0.15) is 25.3 Å². The summed E-state index contributed by atoms with van der Waals surface area (Å²) in [6.07, 6.45) is 1.68. The molecule has 1 aliphatic rings. The molecule has 1 amide bonds. The predicted octanol–water partition coefficient (Wildman–Crippen LogP) is 2.27. The lowest BCUT2D eigenvalue weighted by Crippen LogP contribution is -2.39. The lowest BCUT2D eigenvalue weighted by Gasteiger charge is -2.28. The first kappa shape index (κ1) is 14.8. The Hall–Kier alpha value is -1.62. The molecule has 5 heteroatoms. The van der Waals surface area contributed by atoms with Crippen LogP contribution in [0.25, 0.3) is 0 Å². The van der Waals surface area contributed by atoms with Crippen molar-refractivity contribution in [2.75, 3.05) is 13.7 Å². The summed E-state index contributed by atoms with van der Waals surface area (Å²) >= 11 is 0. The molecule has 0 saturated carbocycles. The molecule has 1 fully saturated rings. The van der Waals surface area contributed by atoms with Crippen LogP contribution in [-0.2, 0) is 16.1 Å². The van der Waals surface area contributed by atoms with Gasteiger partial charge in [-0.15, -0.1) is 0 Å². The molecule has 1 saturated heterocycles. The minimum Gasteiger partial charge on any atom is -0.494 e. The average molecular weight is 281 g/mol. The highest BCUT2D eigenvalue weighted by atomic mass is 19.1. The Balaban J connectivity index is 1.91. The largest absolute Gasteiger partial charge is 0.494 e. The van der Waals surface area contributed by atoms with Gasteiger partial charge in [0.1, 0.15) is 0 Å². The number of hydrogen-bond donors (Lipinski definition) is 1. The number of hydrogen-bond acceptors (Lipinski definition) is 3. The van der Waals surface area contributed by atoms with E-state index < -0.39 is 5.82 Å². The molecule has 1 aliphatic heterocycles. The Morgan fingerprint density at radius 3 is 3.00 bits per heavy atom. The van der Waals surface area contributed by atoms with Crippen molar-refractivity contribution >= 4 is 5.91 Å². The van der Waals surface area contributed by atoms with Gasteiger partial charge in [-0.25, -0.2) is 4.39 Å². The van der Waals surface area contributed by atoms with Crippen molar-refractivity contribution in [1.29, 1.82) is 0 Å². The van der Waals surface area contributed by atoms with Gasteiger partial charge in [0.05, 0.1) is 19.1 Å². The van der Waals surface area contributed by atoms with Crippen LogP contribution in [0, 0.1) is 11.7 Å². The molecule has 2 rings (SSSR count). The number of methoxy groups -OCH3 is 1. The van der Waals surface area contributed by atoms with E-state index in [0.717, 1.165) is 12.8 Å². The van der Waals surface area contributed by atoms with Crippen molar-refractivity contribution in [3.8, 4) is 5.75 Å². The van der Waals surface area contributed by atoms with E-state index in [1.54, 1.807) is 12.1 Å². The van der Waals surface area contributed by atoms with Gasteiger partial charge in [-0.3, -0.25) is 4.79 Å². The van der Waals surface area contributed by atoms with Crippen molar-refractivity contribution < 1.29 is 18.7 Å². The minimum absolute atomic E-state index is 0.0339. The molecule has 0 aliphatic carbocycles. The molecular weight excluding hydrogens is 261 g/mol. The first-order valence-corrected chi connectivity index (χ1v) is 6.83. The molecular formula is C15H20FNO3. The van der Waals surface area contributed by atoms with Gasteiger partial charge in [-0.05, 0) is 37.5 Å². The molecule has 0 bridgehead atoms. The van der Waals surface area contributed by atoms with Crippen LogP contribution in [0.2, 0.25) is 0 Å². The maximum absolute atomic E-state index is 13.5.